The number of hydrogen-bond donors (Lipinski definition) is 0. The van der Waals surface area contributed by atoms with Crippen molar-refractivity contribution in [1.29, 1.82) is 0 Å². The van der Waals surface area contributed by atoms with E-state index in [0.717, 1.165) is 34.9 Å². The fourth-order valence-electron chi connectivity index (χ4n) is 4.97. The molecule has 0 bridgehead atoms. The van der Waals surface area contributed by atoms with Gasteiger partial charge in [-0.05, 0) is 49.2 Å². The van der Waals surface area contributed by atoms with Crippen LogP contribution >= 0.6 is 0 Å². The first-order valence-corrected chi connectivity index (χ1v) is 14.0. The SMILES string of the molecule is CCCn1c(=O)c2c(nc(-c3cnn(Cc4cccc(C(F)(F)F)c4)c3)n2COC(=O)c2cccc(C(F)(F)F)c2)n(CC)c1=O. The van der Waals surface area contributed by atoms with Crippen molar-refractivity contribution in [3.8, 4) is 11.4 Å². The topological polar surface area (TPSA) is 106 Å². The summed E-state index contributed by atoms with van der Waals surface area (Å²) in [6.07, 6.45) is -6.02. The maximum absolute atomic E-state index is 13.6. The number of esters is 1. The fourth-order valence-corrected chi connectivity index (χ4v) is 4.97. The lowest BCUT2D eigenvalue weighted by atomic mass is 10.1. The summed E-state index contributed by atoms with van der Waals surface area (Å²) in [5.41, 5.74) is -3.18. The molecule has 10 nitrogen and oxygen atoms in total. The van der Waals surface area contributed by atoms with Crippen molar-refractivity contribution < 1.29 is 35.9 Å². The van der Waals surface area contributed by atoms with Crippen molar-refractivity contribution in [3.05, 3.63) is 104 Å². The molecule has 242 valence electrons. The van der Waals surface area contributed by atoms with Gasteiger partial charge in [0.25, 0.3) is 5.56 Å². The average Bonchev–Trinajstić information content (AvgIpc) is 3.62. The number of aromatic nitrogens is 6. The van der Waals surface area contributed by atoms with Crippen molar-refractivity contribution in [1.82, 2.24) is 28.5 Å². The number of halogens is 6. The number of alkyl halides is 6. The second-order valence-electron chi connectivity index (χ2n) is 10.3. The summed E-state index contributed by atoms with van der Waals surface area (Å²) < 4.78 is 89.5. The quantitative estimate of drug-likeness (QED) is 0.153. The van der Waals surface area contributed by atoms with Crippen LogP contribution in [0.5, 0.6) is 0 Å². The van der Waals surface area contributed by atoms with Gasteiger partial charge in [0, 0.05) is 19.3 Å². The Morgan fingerprint density at radius 3 is 2.22 bits per heavy atom. The molecule has 5 rings (SSSR count). The normalized spacial score (nSPS) is 12.2. The van der Waals surface area contributed by atoms with Gasteiger partial charge in [0.05, 0.1) is 35.0 Å². The lowest BCUT2D eigenvalue weighted by Gasteiger charge is -2.12. The Morgan fingerprint density at radius 1 is 0.891 bits per heavy atom. The Hall–Kier alpha value is -5.15. The largest absolute Gasteiger partial charge is 0.440 e. The minimum atomic E-state index is -4.70. The molecular weight excluding hydrogens is 622 g/mol. The second kappa shape index (κ2) is 12.3. The van der Waals surface area contributed by atoms with Crippen LogP contribution < -0.4 is 11.2 Å². The lowest BCUT2D eigenvalue weighted by molar-refractivity contribution is -0.138. The Balaban J connectivity index is 1.58. The van der Waals surface area contributed by atoms with Gasteiger partial charge in [0.1, 0.15) is 5.82 Å². The molecule has 0 radical (unpaired) electrons. The Labute approximate surface area is 256 Å². The zero-order valence-electron chi connectivity index (χ0n) is 24.4. The first kappa shape index (κ1) is 32.2. The van der Waals surface area contributed by atoms with Gasteiger partial charge in [-0.2, -0.15) is 31.4 Å². The summed E-state index contributed by atoms with van der Waals surface area (Å²) in [7, 11) is 0. The monoisotopic (exact) mass is 648 g/mol. The predicted octanol–water partition coefficient (Wildman–Crippen LogP) is 5.55. The molecule has 46 heavy (non-hydrogen) atoms. The number of ether oxygens (including phenoxy) is 1. The van der Waals surface area contributed by atoms with Crippen LogP contribution in [0.4, 0.5) is 26.3 Å². The van der Waals surface area contributed by atoms with Gasteiger partial charge in [-0.25, -0.2) is 14.6 Å². The molecule has 0 N–H and O–H groups in total. The molecular formula is C30H26F6N6O4. The number of rotatable bonds is 9. The van der Waals surface area contributed by atoms with Crippen LogP contribution in [0.2, 0.25) is 0 Å². The van der Waals surface area contributed by atoms with Crippen LogP contribution in [0, 0.1) is 0 Å². The summed E-state index contributed by atoms with van der Waals surface area (Å²) >= 11 is 0. The standard InChI is InChI=1S/C30H26F6N6O4/c1-3-11-41-26(43)23-25(40(4-2)28(41)45)38-24(42(23)17-46-27(44)19-8-6-10-22(13-19)30(34,35)36)20-14-37-39(16-20)15-18-7-5-9-21(12-18)29(31,32)33/h5-10,12-14,16H,3-4,11,15,17H2,1-2H3. The van der Waals surface area contributed by atoms with Gasteiger partial charge in [-0.3, -0.25) is 23.2 Å². The molecule has 0 fully saturated rings. The van der Waals surface area contributed by atoms with E-state index in [-0.39, 0.29) is 47.7 Å². The third kappa shape index (κ3) is 6.32. The molecule has 0 amide bonds. The van der Waals surface area contributed by atoms with E-state index in [1.54, 1.807) is 13.8 Å². The van der Waals surface area contributed by atoms with Crippen molar-refractivity contribution in [2.75, 3.05) is 0 Å². The summed E-state index contributed by atoms with van der Waals surface area (Å²) in [6.45, 7) is 2.90. The first-order valence-electron chi connectivity index (χ1n) is 14.0. The summed E-state index contributed by atoms with van der Waals surface area (Å²) in [4.78, 5) is 44.2. The van der Waals surface area contributed by atoms with Crippen LogP contribution in [0.3, 0.4) is 0 Å². The van der Waals surface area contributed by atoms with Crippen molar-refractivity contribution in [2.45, 2.75) is 59.0 Å². The maximum Gasteiger partial charge on any atom is 0.416 e. The Bertz CT molecular complexity index is 2040. The van der Waals surface area contributed by atoms with Gasteiger partial charge in [0.15, 0.2) is 17.9 Å². The van der Waals surface area contributed by atoms with Gasteiger partial charge in [-0.15, -0.1) is 0 Å². The number of carbonyl (C=O) groups excluding carboxylic acids is 1. The van der Waals surface area contributed by atoms with E-state index >= 15 is 0 Å². The van der Waals surface area contributed by atoms with E-state index in [1.165, 1.54) is 38.3 Å². The number of aryl methyl sites for hydroxylation is 1. The summed E-state index contributed by atoms with van der Waals surface area (Å²) in [5, 5.41) is 4.21. The second-order valence-corrected chi connectivity index (χ2v) is 10.3. The zero-order chi connectivity index (χ0) is 33.4. The average molecular weight is 649 g/mol. The van der Waals surface area contributed by atoms with Gasteiger partial charge < -0.3 is 4.74 Å². The molecule has 16 heteroatoms. The molecule has 2 aromatic carbocycles. The molecule has 0 unspecified atom stereocenters. The van der Waals surface area contributed by atoms with Crippen LogP contribution in [-0.4, -0.2) is 34.4 Å². The fraction of sp³-hybridized carbons (Fsp3) is 0.300. The molecule has 0 saturated carbocycles. The molecule has 3 heterocycles. The first-order chi connectivity index (χ1) is 21.7. The van der Waals surface area contributed by atoms with Crippen molar-refractivity contribution in [2.24, 2.45) is 0 Å². The smallest absolute Gasteiger partial charge is 0.416 e. The molecule has 3 aromatic heterocycles. The number of carbonyl (C=O) groups is 1. The van der Waals surface area contributed by atoms with E-state index in [4.69, 9.17) is 4.74 Å². The molecule has 0 atom stereocenters. The van der Waals surface area contributed by atoms with E-state index in [9.17, 15) is 40.7 Å². The summed E-state index contributed by atoms with van der Waals surface area (Å²) in [5.74, 6) is -1.09. The van der Waals surface area contributed by atoms with E-state index in [1.807, 2.05) is 0 Å². The van der Waals surface area contributed by atoms with Gasteiger partial charge in [-0.1, -0.05) is 25.1 Å². The highest BCUT2D eigenvalue weighted by Crippen LogP contribution is 2.31. The predicted molar refractivity (Wildman–Crippen MR) is 153 cm³/mol. The molecule has 0 saturated heterocycles. The third-order valence-electron chi connectivity index (χ3n) is 7.12. The third-order valence-corrected chi connectivity index (χ3v) is 7.12. The minimum Gasteiger partial charge on any atom is -0.440 e. The van der Waals surface area contributed by atoms with Gasteiger partial charge in [0.2, 0.25) is 0 Å². The highest BCUT2D eigenvalue weighted by molar-refractivity contribution is 5.89. The highest BCUT2D eigenvalue weighted by Gasteiger charge is 2.32. The van der Waals surface area contributed by atoms with Crippen molar-refractivity contribution in [3.63, 3.8) is 0 Å². The van der Waals surface area contributed by atoms with E-state index in [0.29, 0.717) is 18.1 Å². The molecule has 0 aliphatic carbocycles. The van der Waals surface area contributed by atoms with Crippen LogP contribution in [0.1, 0.15) is 47.3 Å². The maximum atomic E-state index is 13.6. The molecule has 0 aliphatic heterocycles. The van der Waals surface area contributed by atoms with Gasteiger partial charge >= 0.3 is 24.0 Å². The minimum absolute atomic E-state index is 0.0232. The molecule has 0 aliphatic rings. The lowest BCUT2D eigenvalue weighted by Crippen LogP contribution is -2.40. The number of hydrogen-bond acceptors (Lipinski definition) is 6. The number of nitrogens with zero attached hydrogens (tertiary/aromatic N) is 6. The number of imidazole rings is 1. The molecule has 0 spiro atoms. The van der Waals surface area contributed by atoms with E-state index < -0.39 is 47.4 Å². The Kier molecular flexibility index (Phi) is 8.64. The van der Waals surface area contributed by atoms with E-state index in [2.05, 4.69) is 10.1 Å². The highest BCUT2D eigenvalue weighted by atomic mass is 19.4. The van der Waals surface area contributed by atoms with Crippen LogP contribution in [0.15, 0.2) is 70.5 Å². The Morgan fingerprint density at radius 2 is 1.57 bits per heavy atom. The van der Waals surface area contributed by atoms with Crippen LogP contribution in [-0.2, 0) is 43.5 Å². The number of fused-ring (bicyclic) bond motifs is 1. The number of benzene rings is 2. The van der Waals surface area contributed by atoms with Crippen molar-refractivity contribution >= 4 is 17.1 Å². The molecule has 5 aromatic rings. The zero-order valence-corrected chi connectivity index (χ0v) is 24.4. The summed E-state index contributed by atoms with van der Waals surface area (Å²) in [6, 6.07) is 8.33. The van der Waals surface area contributed by atoms with Crippen LogP contribution in [0.25, 0.3) is 22.6 Å².